The average molecular weight is 340 g/mol. The number of aliphatic hydroxyl groups excluding tert-OH is 1. The molecule has 0 saturated carbocycles. The van der Waals surface area contributed by atoms with Gasteiger partial charge in [0.2, 0.25) is 0 Å². The number of carbonyl (C=O) groups excluding carboxylic acids is 1. The average Bonchev–Trinajstić information content (AvgIpc) is 3.12. The summed E-state index contributed by atoms with van der Waals surface area (Å²) < 4.78 is 0. The van der Waals surface area contributed by atoms with E-state index in [1.54, 1.807) is 0 Å². The topological polar surface area (TPSA) is 49.3 Å². The first-order valence-corrected chi connectivity index (χ1v) is 10.7. The largest absolute Gasteiger partial charge is 0.385 e. The number of nitrogens with one attached hydrogen (secondary N) is 1. The van der Waals surface area contributed by atoms with Gasteiger partial charge in [0.15, 0.2) is 5.78 Å². The van der Waals surface area contributed by atoms with Gasteiger partial charge in [0.1, 0.15) is 6.10 Å². The normalized spacial score (nSPS) is 18.8. The minimum atomic E-state index is -0.742. The van der Waals surface area contributed by atoms with Crippen molar-refractivity contribution in [3.8, 4) is 0 Å². The molecule has 1 aliphatic rings. The Kier molecular flexibility index (Phi) is 13.4. The van der Waals surface area contributed by atoms with Crippen LogP contribution in [0.4, 0.5) is 0 Å². The van der Waals surface area contributed by atoms with Crippen LogP contribution in [-0.2, 0) is 4.79 Å². The summed E-state index contributed by atoms with van der Waals surface area (Å²) in [6.07, 6.45) is 19.1. The van der Waals surface area contributed by atoms with Gasteiger partial charge in [-0.2, -0.15) is 0 Å². The van der Waals surface area contributed by atoms with Gasteiger partial charge in [0, 0.05) is 0 Å². The zero-order chi connectivity index (χ0) is 17.5. The van der Waals surface area contributed by atoms with E-state index in [4.69, 9.17) is 0 Å². The van der Waals surface area contributed by atoms with E-state index in [2.05, 4.69) is 12.2 Å². The molecule has 0 bridgehead atoms. The molecule has 3 nitrogen and oxygen atoms in total. The van der Waals surface area contributed by atoms with Gasteiger partial charge in [-0.1, -0.05) is 90.4 Å². The van der Waals surface area contributed by atoms with Crippen LogP contribution in [0.15, 0.2) is 0 Å². The van der Waals surface area contributed by atoms with E-state index in [1.165, 1.54) is 70.6 Å². The molecule has 1 aliphatic heterocycles. The predicted octanol–water partition coefficient (Wildman–Crippen LogP) is 5.15. The van der Waals surface area contributed by atoms with Crippen LogP contribution in [0.25, 0.3) is 0 Å². The van der Waals surface area contributed by atoms with Crippen LogP contribution in [0.1, 0.15) is 110 Å². The maximum Gasteiger partial charge on any atom is 0.178 e. The van der Waals surface area contributed by atoms with E-state index in [9.17, 15) is 9.90 Å². The second-order valence-electron chi connectivity index (χ2n) is 7.60. The van der Waals surface area contributed by atoms with E-state index in [0.29, 0.717) is 6.42 Å². The van der Waals surface area contributed by atoms with Gasteiger partial charge < -0.3 is 10.4 Å². The molecular formula is C21H41NO2. The number of aliphatic hydroxyl groups is 1. The van der Waals surface area contributed by atoms with Crippen molar-refractivity contribution in [3.05, 3.63) is 0 Å². The zero-order valence-electron chi connectivity index (χ0n) is 16.0. The maximum absolute atomic E-state index is 12.0. The van der Waals surface area contributed by atoms with Gasteiger partial charge in [-0.3, -0.25) is 4.79 Å². The molecule has 0 aromatic rings. The molecule has 1 fully saturated rings. The van der Waals surface area contributed by atoms with Crippen molar-refractivity contribution in [2.75, 3.05) is 6.54 Å². The Hall–Kier alpha value is -0.410. The fourth-order valence-corrected chi connectivity index (χ4v) is 3.66. The van der Waals surface area contributed by atoms with Crippen molar-refractivity contribution in [3.63, 3.8) is 0 Å². The van der Waals surface area contributed by atoms with Gasteiger partial charge in [-0.05, 0) is 25.8 Å². The zero-order valence-corrected chi connectivity index (χ0v) is 16.0. The van der Waals surface area contributed by atoms with Crippen LogP contribution in [0.5, 0.6) is 0 Å². The fourth-order valence-electron chi connectivity index (χ4n) is 3.66. The third-order valence-electron chi connectivity index (χ3n) is 5.31. The number of carbonyl (C=O) groups is 1. The molecule has 0 spiro atoms. The lowest BCUT2D eigenvalue weighted by molar-refractivity contribution is -0.129. The quantitative estimate of drug-likeness (QED) is 0.382. The summed E-state index contributed by atoms with van der Waals surface area (Å²) in [5.41, 5.74) is 0. The fraction of sp³-hybridized carbons (Fsp3) is 0.952. The molecule has 1 saturated heterocycles. The van der Waals surface area contributed by atoms with E-state index < -0.39 is 6.10 Å². The minimum Gasteiger partial charge on any atom is -0.385 e. The van der Waals surface area contributed by atoms with Crippen molar-refractivity contribution >= 4 is 5.78 Å². The molecule has 0 aromatic carbocycles. The molecule has 1 heterocycles. The van der Waals surface area contributed by atoms with Crippen LogP contribution >= 0.6 is 0 Å². The number of hydrogen-bond acceptors (Lipinski definition) is 3. The molecule has 142 valence electrons. The number of unbranched alkanes of at least 4 members (excludes halogenated alkanes) is 12. The highest BCUT2D eigenvalue weighted by Crippen LogP contribution is 2.15. The number of hydrogen-bond donors (Lipinski definition) is 2. The Bertz CT molecular complexity index is 300. The molecular weight excluding hydrogens is 298 g/mol. The van der Waals surface area contributed by atoms with Gasteiger partial charge >= 0.3 is 0 Å². The second kappa shape index (κ2) is 14.9. The number of Topliss-reactive ketones (excluding diaryl/α,β-unsaturated/α-hetero) is 1. The van der Waals surface area contributed by atoms with Crippen LogP contribution in [-0.4, -0.2) is 29.6 Å². The highest BCUT2D eigenvalue weighted by molar-refractivity contribution is 5.88. The van der Waals surface area contributed by atoms with Crippen molar-refractivity contribution in [1.29, 1.82) is 0 Å². The summed E-state index contributed by atoms with van der Waals surface area (Å²) in [7, 11) is 0. The Morgan fingerprint density at radius 3 is 1.88 bits per heavy atom. The van der Waals surface area contributed by atoms with Gasteiger partial charge in [-0.25, -0.2) is 0 Å². The van der Waals surface area contributed by atoms with Gasteiger partial charge in [-0.15, -0.1) is 0 Å². The lowest BCUT2D eigenvalue weighted by atomic mass is 10.00. The summed E-state index contributed by atoms with van der Waals surface area (Å²) >= 11 is 0. The van der Waals surface area contributed by atoms with Crippen molar-refractivity contribution in [2.24, 2.45) is 0 Å². The number of rotatable bonds is 16. The van der Waals surface area contributed by atoms with E-state index >= 15 is 0 Å². The maximum atomic E-state index is 12.0. The SMILES string of the molecule is CCCCCCCCCCCCCCCC(O)C(=O)[C@@H]1CCCN1. The molecule has 1 unspecified atom stereocenters. The first-order chi connectivity index (χ1) is 11.8. The summed E-state index contributed by atoms with van der Waals surface area (Å²) in [5, 5.41) is 13.1. The smallest absolute Gasteiger partial charge is 0.178 e. The molecule has 1 rings (SSSR count). The molecule has 2 N–H and O–H groups in total. The van der Waals surface area contributed by atoms with Crippen LogP contribution in [0, 0.1) is 0 Å². The van der Waals surface area contributed by atoms with Gasteiger partial charge in [0.05, 0.1) is 6.04 Å². The highest BCUT2D eigenvalue weighted by atomic mass is 16.3. The Labute approximate surface area is 150 Å². The minimum absolute atomic E-state index is 0.0198. The Morgan fingerprint density at radius 1 is 0.917 bits per heavy atom. The van der Waals surface area contributed by atoms with Crippen molar-refractivity contribution in [2.45, 2.75) is 122 Å². The Balaban J connectivity index is 1.81. The lowest BCUT2D eigenvalue weighted by Gasteiger charge is -2.14. The van der Waals surface area contributed by atoms with E-state index in [-0.39, 0.29) is 11.8 Å². The standard InChI is InChI=1S/C21H41NO2/c1-2-3-4-5-6-7-8-9-10-11-12-13-14-17-20(23)21(24)19-16-15-18-22-19/h19-20,22-23H,2-18H2,1H3/t19-,20?/m0/s1. The first-order valence-electron chi connectivity index (χ1n) is 10.7. The Morgan fingerprint density at radius 2 is 1.42 bits per heavy atom. The van der Waals surface area contributed by atoms with Crippen LogP contribution in [0.3, 0.4) is 0 Å². The van der Waals surface area contributed by atoms with Crippen LogP contribution < -0.4 is 5.32 Å². The van der Waals surface area contributed by atoms with E-state index in [1.807, 2.05) is 0 Å². The predicted molar refractivity (Wildman–Crippen MR) is 102 cm³/mol. The molecule has 0 radical (unpaired) electrons. The molecule has 3 heteroatoms. The second-order valence-corrected chi connectivity index (χ2v) is 7.60. The van der Waals surface area contributed by atoms with Gasteiger partial charge in [0.25, 0.3) is 0 Å². The molecule has 24 heavy (non-hydrogen) atoms. The third kappa shape index (κ3) is 10.5. The van der Waals surface area contributed by atoms with Crippen molar-refractivity contribution < 1.29 is 9.90 Å². The van der Waals surface area contributed by atoms with E-state index in [0.717, 1.165) is 32.2 Å². The van der Waals surface area contributed by atoms with Crippen molar-refractivity contribution in [1.82, 2.24) is 5.32 Å². The third-order valence-corrected chi connectivity index (χ3v) is 5.31. The summed E-state index contributed by atoms with van der Waals surface area (Å²) in [5.74, 6) is 0.0198. The van der Waals surface area contributed by atoms with Crippen LogP contribution in [0.2, 0.25) is 0 Å². The molecule has 2 atom stereocenters. The lowest BCUT2D eigenvalue weighted by Crippen LogP contribution is -2.38. The highest BCUT2D eigenvalue weighted by Gasteiger charge is 2.27. The molecule has 0 aliphatic carbocycles. The molecule has 0 amide bonds. The summed E-state index contributed by atoms with van der Waals surface area (Å²) in [6, 6.07) is -0.0815. The monoisotopic (exact) mass is 339 g/mol. The number of ketones is 1. The molecule has 0 aromatic heterocycles. The summed E-state index contributed by atoms with van der Waals surface area (Å²) in [4.78, 5) is 12.0. The first kappa shape index (κ1) is 21.6. The summed E-state index contributed by atoms with van der Waals surface area (Å²) in [6.45, 7) is 3.19.